The van der Waals surface area contributed by atoms with E-state index in [0.29, 0.717) is 5.70 Å². The third kappa shape index (κ3) is 5.43. The molecule has 0 radical (unpaired) electrons. The maximum atomic E-state index is 12.3. The number of piperidine rings is 1. The summed E-state index contributed by atoms with van der Waals surface area (Å²) >= 11 is 6.63. The molecule has 2 heterocycles. The summed E-state index contributed by atoms with van der Waals surface area (Å²) < 4.78 is 0. The first-order valence-corrected chi connectivity index (χ1v) is 11.6. The summed E-state index contributed by atoms with van der Waals surface area (Å²) in [7, 11) is 0. The van der Waals surface area contributed by atoms with Crippen molar-refractivity contribution in [3.8, 4) is 0 Å². The molecule has 2 aliphatic rings. The first-order chi connectivity index (χ1) is 15.4. The van der Waals surface area contributed by atoms with E-state index in [4.69, 9.17) is 16.7 Å². The fourth-order valence-electron chi connectivity index (χ4n) is 4.48. The van der Waals surface area contributed by atoms with E-state index in [9.17, 15) is 14.7 Å². The molecule has 1 amide bonds. The number of hydrogen-bond donors (Lipinski definition) is 3. The van der Waals surface area contributed by atoms with Crippen molar-refractivity contribution in [2.24, 2.45) is 4.99 Å². The SMILES string of the molecule is CC1=C(O)C(C(=O)NCC(=O)O)=NC(C)N1C1CCN(c2ccc(C(C)(C)C)cc2Cl)CC1. The molecule has 1 unspecified atom stereocenters. The van der Waals surface area contributed by atoms with Gasteiger partial charge in [0, 0.05) is 19.1 Å². The van der Waals surface area contributed by atoms with Gasteiger partial charge in [-0.1, -0.05) is 38.4 Å². The standard InChI is InChI=1S/C24H33ClN4O4/c1-14-22(32)21(23(33)26-13-20(30)31)27-15(2)29(14)17-8-10-28(11-9-17)19-7-6-16(12-18(19)25)24(3,4)5/h6-7,12,15,17,32H,8-11,13H2,1-5H3,(H,26,33)(H,30,31). The molecular formula is C24H33ClN4O4. The summed E-state index contributed by atoms with van der Waals surface area (Å²) in [5, 5.41) is 22.4. The molecule has 33 heavy (non-hydrogen) atoms. The van der Waals surface area contributed by atoms with Gasteiger partial charge in [-0.3, -0.25) is 14.6 Å². The van der Waals surface area contributed by atoms with Crippen LogP contribution in [0.1, 0.15) is 53.0 Å². The Hall–Kier alpha value is -2.74. The van der Waals surface area contributed by atoms with Gasteiger partial charge in [0.05, 0.1) is 16.4 Å². The van der Waals surface area contributed by atoms with E-state index in [1.165, 1.54) is 5.56 Å². The Morgan fingerprint density at radius 1 is 1.24 bits per heavy atom. The van der Waals surface area contributed by atoms with Crippen LogP contribution in [-0.2, 0) is 15.0 Å². The lowest BCUT2D eigenvalue weighted by atomic mass is 9.87. The van der Waals surface area contributed by atoms with Crippen LogP contribution in [0.25, 0.3) is 0 Å². The van der Waals surface area contributed by atoms with Gasteiger partial charge in [0.15, 0.2) is 11.5 Å². The number of nitrogens with zero attached hydrogens (tertiary/aromatic N) is 3. The highest BCUT2D eigenvalue weighted by molar-refractivity contribution is 6.45. The Labute approximate surface area is 199 Å². The molecule has 1 aromatic carbocycles. The number of anilines is 1. The molecule has 0 bridgehead atoms. The van der Waals surface area contributed by atoms with E-state index in [1.807, 2.05) is 17.9 Å². The van der Waals surface area contributed by atoms with E-state index < -0.39 is 18.4 Å². The van der Waals surface area contributed by atoms with E-state index in [2.05, 4.69) is 48.1 Å². The van der Waals surface area contributed by atoms with Crippen molar-refractivity contribution in [2.75, 3.05) is 24.5 Å². The number of allylic oxidation sites excluding steroid dienone is 1. The molecule has 1 aromatic rings. The Bertz CT molecular complexity index is 991. The smallest absolute Gasteiger partial charge is 0.322 e. The van der Waals surface area contributed by atoms with Gasteiger partial charge in [0.2, 0.25) is 0 Å². The van der Waals surface area contributed by atoms with Crippen LogP contribution >= 0.6 is 11.6 Å². The van der Waals surface area contributed by atoms with Gasteiger partial charge in [-0.05, 0) is 49.8 Å². The largest absolute Gasteiger partial charge is 0.504 e. The average molecular weight is 477 g/mol. The van der Waals surface area contributed by atoms with E-state index in [0.717, 1.165) is 36.6 Å². The highest BCUT2D eigenvalue weighted by Gasteiger charge is 2.35. The van der Waals surface area contributed by atoms with E-state index in [1.54, 1.807) is 6.92 Å². The molecule has 3 rings (SSSR count). The summed E-state index contributed by atoms with van der Waals surface area (Å²) in [6, 6.07) is 6.43. The molecule has 0 aromatic heterocycles. The van der Waals surface area contributed by atoms with Crippen LogP contribution in [0, 0.1) is 0 Å². The second kappa shape index (κ2) is 9.63. The van der Waals surface area contributed by atoms with Crippen molar-refractivity contribution in [3.63, 3.8) is 0 Å². The minimum absolute atomic E-state index is 0.0370. The number of aliphatic carboxylic acids is 1. The number of carboxylic acid groups (broad SMARTS) is 1. The molecule has 0 spiro atoms. The number of hydrogen-bond acceptors (Lipinski definition) is 6. The predicted octanol–water partition coefficient (Wildman–Crippen LogP) is 3.70. The van der Waals surface area contributed by atoms with Gasteiger partial charge >= 0.3 is 5.97 Å². The normalized spacial score (nSPS) is 20.1. The zero-order valence-electron chi connectivity index (χ0n) is 19.9. The monoisotopic (exact) mass is 476 g/mol. The van der Waals surface area contributed by atoms with E-state index >= 15 is 0 Å². The number of aliphatic hydroxyl groups is 1. The third-order valence-electron chi connectivity index (χ3n) is 6.30. The van der Waals surface area contributed by atoms with Gasteiger partial charge in [0.25, 0.3) is 5.91 Å². The fraction of sp³-hybridized carbons (Fsp3) is 0.542. The Morgan fingerprint density at radius 3 is 2.42 bits per heavy atom. The van der Waals surface area contributed by atoms with Crippen LogP contribution in [-0.4, -0.2) is 64.5 Å². The average Bonchev–Trinajstić information content (AvgIpc) is 2.74. The highest BCUT2D eigenvalue weighted by atomic mass is 35.5. The topological polar surface area (TPSA) is 105 Å². The summed E-state index contributed by atoms with van der Waals surface area (Å²) in [6.45, 7) is 11.2. The van der Waals surface area contributed by atoms with Gasteiger partial charge in [-0.2, -0.15) is 0 Å². The van der Waals surface area contributed by atoms with Gasteiger partial charge in [-0.25, -0.2) is 0 Å². The number of carboxylic acids is 1. The molecular weight excluding hydrogens is 444 g/mol. The first-order valence-electron chi connectivity index (χ1n) is 11.2. The van der Waals surface area contributed by atoms with Crippen LogP contribution in [0.15, 0.2) is 34.6 Å². The third-order valence-corrected chi connectivity index (χ3v) is 6.60. The Balaban J connectivity index is 1.69. The second-order valence-corrected chi connectivity index (χ2v) is 10.1. The molecule has 1 saturated heterocycles. The van der Waals surface area contributed by atoms with E-state index in [-0.39, 0.29) is 29.1 Å². The molecule has 9 heteroatoms. The molecule has 1 atom stereocenters. The molecule has 1 fully saturated rings. The lowest BCUT2D eigenvalue weighted by Gasteiger charge is -2.44. The van der Waals surface area contributed by atoms with Crippen LogP contribution in [0.4, 0.5) is 5.69 Å². The summed E-state index contributed by atoms with van der Waals surface area (Å²) in [5.41, 5.74) is 2.71. The number of halogens is 1. The summed E-state index contributed by atoms with van der Waals surface area (Å²) in [4.78, 5) is 31.7. The highest BCUT2D eigenvalue weighted by Crippen LogP contribution is 2.35. The van der Waals surface area contributed by atoms with Crippen LogP contribution in [0.2, 0.25) is 5.02 Å². The van der Waals surface area contributed by atoms with Crippen molar-refractivity contribution in [1.82, 2.24) is 10.2 Å². The summed E-state index contributed by atoms with van der Waals surface area (Å²) in [5.74, 6) is -2.06. The lowest BCUT2D eigenvalue weighted by Crippen LogP contribution is -2.50. The van der Waals surface area contributed by atoms with Crippen molar-refractivity contribution in [2.45, 2.75) is 65.1 Å². The van der Waals surface area contributed by atoms with Gasteiger partial charge in [0.1, 0.15) is 12.7 Å². The molecule has 0 aliphatic carbocycles. The predicted molar refractivity (Wildman–Crippen MR) is 130 cm³/mol. The zero-order valence-corrected chi connectivity index (χ0v) is 20.6. The second-order valence-electron chi connectivity index (χ2n) is 9.66. The van der Waals surface area contributed by atoms with Crippen LogP contribution in [0.3, 0.4) is 0 Å². The zero-order chi connectivity index (χ0) is 24.5. The van der Waals surface area contributed by atoms with Crippen molar-refractivity contribution in [1.29, 1.82) is 0 Å². The van der Waals surface area contributed by atoms with Crippen molar-refractivity contribution in [3.05, 3.63) is 40.2 Å². The minimum Gasteiger partial charge on any atom is -0.504 e. The van der Waals surface area contributed by atoms with Crippen LogP contribution in [0.5, 0.6) is 0 Å². The number of carbonyl (C=O) groups is 2. The summed E-state index contributed by atoms with van der Waals surface area (Å²) in [6.07, 6.45) is 1.35. The van der Waals surface area contributed by atoms with Crippen molar-refractivity contribution < 1.29 is 19.8 Å². The lowest BCUT2D eigenvalue weighted by molar-refractivity contribution is -0.137. The number of amides is 1. The number of carbonyl (C=O) groups excluding carboxylic acids is 1. The number of rotatable bonds is 5. The minimum atomic E-state index is -1.16. The molecule has 0 saturated carbocycles. The number of aliphatic imine (C=N–C) groups is 1. The molecule has 2 aliphatic heterocycles. The number of benzene rings is 1. The first kappa shape index (κ1) is 24.9. The molecule has 180 valence electrons. The quantitative estimate of drug-likeness (QED) is 0.598. The molecule has 3 N–H and O–H groups in total. The van der Waals surface area contributed by atoms with Gasteiger partial charge in [-0.15, -0.1) is 0 Å². The van der Waals surface area contributed by atoms with Gasteiger partial charge < -0.3 is 25.3 Å². The molecule has 8 nitrogen and oxygen atoms in total. The Kier molecular flexibility index (Phi) is 7.26. The number of aliphatic hydroxyl groups excluding tert-OH is 1. The van der Waals surface area contributed by atoms with Crippen molar-refractivity contribution >= 4 is 34.9 Å². The fourth-order valence-corrected chi connectivity index (χ4v) is 4.78. The number of nitrogens with one attached hydrogen (secondary N) is 1. The Morgan fingerprint density at radius 2 is 1.88 bits per heavy atom. The maximum absolute atomic E-state index is 12.3. The maximum Gasteiger partial charge on any atom is 0.322 e. The van der Waals surface area contributed by atoms with Crippen LogP contribution < -0.4 is 10.2 Å².